The third-order valence-electron chi connectivity index (χ3n) is 4.82. The van der Waals surface area contributed by atoms with Crippen LogP contribution in [0.1, 0.15) is 86.0 Å². The van der Waals surface area contributed by atoms with E-state index in [9.17, 15) is 5.11 Å². The summed E-state index contributed by atoms with van der Waals surface area (Å²) in [5.41, 5.74) is -0.00570. The Morgan fingerprint density at radius 3 is 1.79 bits per heavy atom. The minimum Gasteiger partial charge on any atom is -0.391 e. The van der Waals surface area contributed by atoms with E-state index in [1.54, 1.807) is 0 Å². The van der Waals surface area contributed by atoms with Crippen molar-refractivity contribution in [2.45, 2.75) is 97.6 Å². The Kier molecular flexibility index (Phi) is 10.6. The number of likely N-dealkylation sites (N-methyl/N-ethyl adjacent to an activating group) is 1. The van der Waals surface area contributed by atoms with Crippen LogP contribution in [-0.2, 0) is 0 Å². The third kappa shape index (κ3) is 5.43. The van der Waals surface area contributed by atoms with Gasteiger partial charge >= 0.3 is 0 Å². The number of aliphatic hydroxyl groups excluding tert-OH is 1. The fourth-order valence-electron chi connectivity index (χ4n) is 3.44. The molecule has 1 unspecified atom stereocenters. The van der Waals surface area contributed by atoms with Gasteiger partial charge in [0.15, 0.2) is 0 Å². The van der Waals surface area contributed by atoms with Gasteiger partial charge in [0.1, 0.15) is 0 Å². The predicted molar refractivity (Wildman–Crippen MR) is 85.6 cm³/mol. The molecule has 0 aromatic carbocycles. The minimum atomic E-state index is -0.177. The Morgan fingerprint density at radius 1 is 0.842 bits per heavy atom. The Morgan fingerprint density at radius 2 is 1.37 bits per heavy atom. The van der Waals surface area contributed by atoms with Crippen LogP contribution in [0.15, 0.2) is 0 Å². The minimum absolute atomic E-state index is 0.00570. The molecule has 0 aliphatic rings. The van der Waals surface area contributed by atoms with Crippen molar-refractivity contribution in [3.05, 3.63) is 0 Å². The van der Waals surface area contributed by atoms with E-state index in [0.29, 0.717) is 0 Å². The van der Waals surface area contributed by atoms with Crippen molar-refractivity contribution in [2.24, 2.45) is 0 Å². The van der Waals surface area contributed by atoms with Gasteiger partial charge in [-0.1, -0.05) is 66.7 Å². The maximum absolute atomic E-state index is 10.7. The smallest absolute Gasteiger partial charge is 0.0723 e. The van der Waals surface area contributed by atoms with E-state index in [1.165, 1.54) is 32.1 Å². The van der Waals surface area contributed by atoms with Crippen molar-refractivity contribution >= 4 is 0 Å². The van der Waals surface area contributed by atoms with Gasteiger partial charge < -0.3 is 5.11 Å². The number of rotatable bonds is 12. The van der Waals surface area contributed by atoms with Crippen molar-refractivity contribution in [3.8, 4) is 0 Å². The van der Waals surface area contributed by atoms with Crippen LogP contribution in [0, 0.1) is 0 Å². The van der Waals surface area contributed by atoms with Gasteiger partial charge in [0.05, 0.1) is 6.10 Å². The van der Waals surface area contributed by atoms with E-state index < -0.39 is 0 Å². The Hall–Kier alpha value is -0.0800. The number of hydrogen-bond donors (Lipinski definition) is 1. The summed E-state index contributed by atoms with van der Waals surface area (Å²) in [4.78, 5) is 2.46. The first kappa shape index (κ1) is 18.9. The molecule has 0 aliphatic heterocycles. The van der Waals surface area contributed by atoms with Gasteiger partial charge in [0.25, 0.3) is 0 Å². The van der Waals surface area contributed by atoms with E-state index in [4.69, 9.17) is 0 Å². The molecule has 0 rings (SSSR count). The zero-order chi connectivity index (χ0) is 14.7. The predicted octanol–water partition coefficient (Wildman–Crippen LogP) is 4.61. The topological polar surface area (TPSA) is 23.5 Å². The third-order valence-corrected chi connectivity index (χ3v) is 4.82. The van der Waals surface area contributed by atoms with Gasteiger partial charge in [-0.15, -0.1) is 0 Å². The quantitative estimate of drug-likeness (QED) is 0.524. The number of aliphatic hydroxyl groups is 1. The van der Waals surface area contributed by atoms with Crippen LogP contribution in [-0.4, -0.2) is 34.7 Å². The molecule has 0 saturated heterocycles. The zero-order valence-electron chi connectivity index (χ0n) is 14.0. The van der Waals surface area contributed by atoms with E-state index in [2.05, 4.69) is 39.5 Å². The second kappa shape index (κ2) is 10.7. The van der Waals surface area contributed by atoms with Crippen molar-refractivity contribution in [3.63, 3.8) is 0 Å². The summed E-state index contributed by atoms with van der Waals surface area (Å²) in [7, 11) is 0. The maximum Gasteiger partial charge on any atom is 0.0723 e. The Labute approximate surface area is 121 Å². The van der Waals surface area contributed by atoms with E-state index in [0.717, 1.165) is 32.4 Å². The molecule has 116 valence electrons. The van der Waals surface area contributed by atoms with E-state index in [-0.39, 0.29) is 11.6 Å². The molecule has 0 amide bonds. The van der Waals surface area contributed by atoms with Crippen LogP contribution in [0.25, 0.3) is 0 Å². The summed E-state index contributed by atoms with van der Waals surface area (Å²) in [6.45, 7) is 13.2. The summed E-state index contributed by atoms with van der Waals surface area (Å²) in [6.07, 6.45) is 9.25. The summed E-state index contributed by atoms with van der Waals surface area (Å²) < 4.78 is 0. The maximum atomic E-state index is 10.7. The lowest BCUT2D eigenvalue weighted by molar-refractivity contribution is -0.0394. The van der Waals surface area contributed by atoms with Crippen LogP contribution in [0.4, 0.5) is 0 Å². The average molecular weight is 271 g/mol. The molecule has 0 aromatic rings. The second-order valence-corrected chi connectivity index (χ2v) is 5.70. The highest BCUT2D eigenvalue weighted by molar-refractivity contribution is 4.94. The summed E-state index contributed by atoms with van der Waals surface area (Å²) >= 11 is 0. The van der Waals surface area contributed by atoms with Crippen LogP contribution in [0.3, 0.4) is 0 Å². The molecule has 1 atom stereocenters. The highest BCUT2D eigenvalue weighted by Crippen LogP contribution is 2.30. The molecular formula is C17H37NO. The average Bonchev–Trinajstić information content (AvgIpc) is 2.44. The lowest BCUT2D eigenvalue weighted by atomic mass is 9.82. The normalized spacial score (nSPS) is 14.1. The molecule has 1 N–H and O–H groups in total. The van der Waals surface area contributed by atoms with Crippen molar-refractivity contribution < 1.29 is 5.11 Å². The van der Waals surface area contributed by atoms with Crippen LogP contribution in [0.5, 0.6) is 0 Å². The van der Waals surface area contributed by atoms with Gasteiger partial charge in [-0.05, 0) is 32.4 Å². The number of nitrogens with zero attached hydrogens (tertiary/aromatic N) is 1. The van der Waals surface area contributed by atoms with Gasteiger partial charge in [-0.25, -0.2) is 0 Å². The largest absolute Gasteiger partial charge is 0.391 e. The van der Waals surface area contributed by atoms with Crippen molar-refractivity contribution in [1.29, 1.82) is 0 Å². The van der Waals surface area contributed by atoms with Crippen molar-refractivity contribution in [2.75, 3.05) is 13.1 Å². The SMILES string of the molecule is CCCCCCCC(O)C(CC)(CC)N(CC)CC. The van der Waals surface area contributed by atoms with E-state index in [1.807, 2.05) is 0 Å². The summed E-state index contributed by atoms with van der Waals surface area (Å²) in [5, 5.41) is 10.7. The molecule has 0 aromatic heterocycles. The molecule has 0 aliphatic carbocycles. The first-order chi connectivity index (χ1) is 9.12. The Balaban J connectivity index is 4.43. The Bertz CT molecular complexity index is 197. The monoisotopic (exact) mass is 271 g/mol. The highest BCUT2D eigenvalue weighted by atomic mass is 16.3. The molecule has 2 heteroatoms. The van der Waals surface area contributed by atoms with E-state index >= 15 is 0 Å². The van der Waals surface area contributed by atoms with Crippen LogP contribution < -0.4 is 0 Å². The molecular weight excluding hydrogens is 234 g/mol. The fraction of sp³-hybridized carbons (Fsp3) is 1.00. The summed E-state index contributed by atoms with van der Waals surface area (Å²) in [5.74, 6) is 0. The number of unbranched alkanes of at least 4 members (excludes halogenated alkanes) is 4. The second-order valence-electron chi connectivity index (χ2n) is 5.70. The fourth-order valence-corrected chi connectivity index (χ4v) is 3.44. The molecule has 2 nitrogen and oxygen atoms in total. The van der Waals surface area contributed by atoms with Crippen LogP contribution in [0.2, 0.25) is 0 Å². The zero-order valence-corrected chi connectivity index (χ0v) is 14.0. The standard InChI is InChI=1S/C17H37NO/c1-6-11-12-13-14-15-16(19)17(7-2,8-3)18(9-4)10-5/h16,19H,6-15H2,1-5H3. The molecule has 0 spiro atoms. The highest BCUT2D eigenvalue weighted by Gasteiger charge is 2.38. The lowest BCUT2D eigenvalue weighted by Gasteiger charge is -2.46. The molecule has 0 fully saturated rings. The molecule has 0 heterocycles. The van der Waals surface area contributed by atoms with Gasteiger partial charge in [0, 0.05) is 5.54 Å². The van der Waals surface area contributed by atoms with Gasteiger partial charge in [-0.3, -0.25) is 4.90 Å². The molecule has 19 heavy (non-hydrogen) atoms. The van der Waals surface area contributed by atoms with Crippen LogP contribution >= 0.6 is 0 Å². The van der Waals surface area contributed by atoms with Gasteiger partial charge in [-0.2, -0.15) is 0 Å². The molecule has 0 saturated carbocycles. The lowest BCUT2D eigenvalue weighted by Crippen LogP contribution is -2.56. The number of hydrogen-bond acceptors (Lipinski definition) is 2. The van der Waals surface area contributed by atoms with Crippen molar-refractivity contribution in [1.82, 2.24) is 4.90 Å². The first-order valence-electron chi connectivity index (χ1n) is 8.55. The summed E-state index contributed by atoms with van der Waals surface area (Å²) in [6, 6.07) is 0. The van der Waals surface area contributed by atoms with Gasteiger partial charge in [0.2, 0.25) is 0 Å². The molecule has 0 radical (unpaired) electrons. The first-order valence-corrected chi connectivity index (χ1v) is 8.55. The molecule has 0 bridgehead atoms.